The van der Waals surface area contributed by atoms with Gasteiger partial charge in [-0.25, -0.2) is 0 Å². The molecule has 1 unspecified atom stereocenters. The van der Waals surface area contributed by atoms with Crippen LogP contribution in [-0.4, -0.2) is 33.0 Å². The maximum Gasteiger partial charge on any atom is 0.237 e. The minimum atomic E-state index is -0.372. The van der Waals surface area contributed by atoms with E-state index in [9.17, 15) is 4.79 Å². The van der Waals surface area contributed by atoms with Gasteiger partial charge in [0.05, 0.1) is 24.5 Å². The van der Waals surface area contributed by atoms with Crippen molar-refractivity contribution >= 4 is 23.4 Å². The maximum absolute atomic E-state index is 13.1. The topological polar surface area (TPSA) is 69.0 Å². The van der Waals surface area contributed by atoms with Crippen LogP contribution in [0, 0.1) is 13.8 Å². The number of carbonyl (C=O) groups excluding carboxylic acids is 1. The van der Waals surface area contributed by atoms with Crippen molar-refractivity contribution in [3.63, 3.8) is 0 Å². The number of aryl methyl sites for hydroxylation is 2. The summed E-state index contributed by atoms with van der Waals surface area (Å²) in [6.07, 6.45) is 0. The third kappa shape index (κ3) is 5.15. The normalized spacial score (nSPS) is 11.8. The van der Waals surface area contributed by atoms with Gasteiger partial charge in [0, 0.05) is 5.69 Å². The van der Waals surface area contributed by atoms with E-state index < -0.39 is 0 Å². The third-order valence-corrected chi connectivity index (χ3v) is 6.71. The molecule has 1 N–H and O–H groups in total. The molecule has 3 aromatic carbocycles. The number of anilines is 1. The number of nitrogens with zero attached hydrogens (tertiary/aromatic N) is 3. The number of benzene rings is 3. The van der Waals surface area contributed by atoms with Gasteiger partial charge in [0.25, 0.3) is 0 Å². The largest absolute Gasteiger partial charge is 0.496 e. The number of ether oxygens (including phenoxy) is 1. The summed E-state index contributed by atoms with van der Waals surface area (Å²) in [6, 6.07) is 23.9. The first-order valence-electron chi connectivity index (χ1n) is 11.1. The molecule has 1 atom stereocenters. The minimum Gasteiger partial charge on any atom is -0.496 e. The first-order chi connectivity index (χ1) is 16.5. The van der Waals surface area contributed by atoms with Crippen LogP contribution in [0.3, 0.4) is 0 Å². The van der Waals surface area contributed by atoms with Gasteiger partial charge in [0.1, 0.15) is 5.75 Å². The van der Waals surface area contributed by atoms with Gasteiger partial charge >= 0.3 is 0 Å². The van der Waals surface area contributed by atoms with Gasteiger partial charge in [-0.1, -0.05) is 72.4 Å². The number of thioether (sulfide) groups is 1. The smallest absolute Gasteiger partial charge is 0.237 e. The fourth-order valence-corrected chi connectivity index (χ4v) is 4.61. The van der Waals surface area contributed by atoms with Gasteiger partial charge in [0.2, 0.25) is 5.91 Å². The van der Waals surface area contributed by atoms with E-state index >= 15 is 0 Å². The lowest BCUT2D eigenvalue weighted by Gasteiger charge is -2.16. The number of aromatic nitrogens is 3. The van der Waals surface area contributed by atoms with Crippen LogP contribution in [0.5, 0.6) is 5.75 Å². The van der Waals surface area contributed by atoms with Crippen LogP contribution in [-0.2, 0) is 11.3 Å². The molecule has 1 aromatic heterocycles. The summed E-state index contributed by atoms with van der Waals surface area (Å²) in [5.41, 5.74) is 4.91. The van der Waals surface area contributed by atoms with Gasteiger partial charge < -0.3 is 10.1 Å². The Kier molecular flexibility index (Phi) is 7.33. The summed E-state index contributed by atoms with van der Waals surface area (Å²) in [4.78, 5) is 13.1. The van der Waals surface area contributed by atoms with Crippen molar-refractivity contribution < 1.29 is 9.53 Å². The van der Waals surface area contributed by atoms with Crippen molar-refractivity contribution in [1.82, 2.24) is 14.8 Å². The van der Waals surface area contributed by atoms with Crippen molar-refractivity contribution in [2.75, 3.05) is 12.4 Å². The monoisotopic (exact) mass is 472 g/mol. The first-order valence-corrected chi connectivity index (χ1v) is 12.0. The minimum absolute atomic E-state index is 0.0736. The number of rotatable bonds is 8. The number of methoxy groups -OCH3 is 1. The van der Waals surface area contributed by atoms with E-state index in [1.807, 2.05) is 86.0 Å². The van der Waals surface area contributed by atoms with Crippen molar-refractivity contribution in [2.24, 2.45) is 0 Å². The van der Waals surface area contributed by atoms with Crippen LogP contribution in [0.25, 0.3) is 11.4 Å². The predicted molar refractivity (Wildman–Crippen MR) is 137 cm³/mol. The second kappa shape index (κ2) is 10.6. The Morgan fingerprint density at radius 1 is 0.971 bits per heavy atom. The summed E-state index contributed by atoms with van der Waals surface area (Å²) < 4.78 is 7.61. The summed E-state index contributed by atoms with van der Waals surface area (Å²) in [7, 11) is 1.65. The maximum atomic E-state index is 13.1. The van der Waals surface area contributed by atoms with Crippen molar-refractivity contribution in [3.05, 3.63) is 89.5 Å². The van der Waals surface area contributed by atoms with Crippen LogP contribution >= 0.6 is 11.8 Å². The number of hydrogen-bond acceptors (Lipinski definition) is 5. The number of amides is 1. The van der Waals surface area contributed by atoms with Gasteiger partial charge in [-0.2, -0.15) is 0 Å². The highest BCUT2D eigenvalue weighted by atomic mass is 32.2. The molecule has 4 rings (SSSR count). The molecule has 174 valence electrons. The van der Waals surface area contributed by atoms with Crippen LogP contribution in [0.15, 0.2) is 78.0 Å². The Labute approximate surface area is 204 Å². The van der Waals surface area contributed by atoms with E-state index in [1.165, 1.54) is 11.8 Å². The fraction of sp³-hybridized carbons (Fsp3) is 0.222. The van der Waals surface area contributed by atoms with Crippen molar-refractivity contribution in [2.45, 2.75) is 37.7 Å². The Bertz CT molecular complexity index is 1270. The van der Waals surface area contributed by atoms with Crippen LogP contribution < -0.4 is 10.1 Å². The van der Waals surface area contributed by atoms with Gasteiger partial charge in [-0.15, -0.1) is 10.2 Å². The summed E-state index contributed by atoms with van der Waals surface area (Å²) in [5.74, 6) is 1.35. The zero-order chi connectivity index (χ0) is 24.1. The SMILES string of the molecule is COc1ccccc1-c1nnc(SC(C)C(=O)Nc2c(C)cccc2C)n1Cc1ccccc1. The number of para-hydroxylation sites is 2. The molecular formula is C27H28N4O2S. The molecule has 0 aliphatic heterocycles. The second-order valence-electron chi connectivity index (χ2n) is 8.09. The molecule has 0 radical (unpaired) electrons. The second-order valence-corrected chi connectivity index (χ2v) is 9.40. The third-order valence-electron chi connectivity index (χ3n) is 5.63. The Morgan fingerprint density at radius 2 is 1.65 bits per heavy atom. The molecule has 0 aliphatic rings. The highest BCUT2D eigenvalue weighted by molar-refractivity contribution is 8.00. The molecule has 6 nitrogen and oxygen atoms in total. The lowest BCUT2D eigenvalue weighted by Crippen LogP contribution is -2.24. The lowest BCUT2D eigenvalue weighted by molar-refractivity contribution is -0.115. The zero-order valence-electron chi connectivity index (χ0n) is 19.8. The fourth-order valence-electron chi connectivity index (χ4n) is 3.76. The molecular weight excluding hydrogens is 444 g/mol. The van der Waals surface area contributed by atoms with E-state index in [1.54, 1.807) is 7.11 Å². The molecule has 0 aliphatic carbocycles. The summed E-state index contributed by atoms with van der Waals surface area (Å²) >= 11 is 1.39. The number of carbonyl (C=O) groups is 1. The Morgan fingerprint density at radius 3 is 2.35 bits per heavy atom. The molecule has 7 heteroatoms. The van der Waals surface area contributed by atoms with Crippen LogP contribution in [0.4, 0.5) is 5.69 Å². The standard InChI is InChI=1S/C27H28N4O2S/c1-18-11-10-12-19(2)24(18)28-26(32)20(3)34-27-30-29-25(22-15-8-9-16-23(22)33-4)31(27)17-21-13-6-5-7-14-21/h5-16,20H,17H2,1-4H3,(H,28,32). The molecule has 0 fully saturated rings. The van der Waals surface area contributed by atoms with Crippen molar-refractivity contribution in [3.8, 4) is 17.1 Å². The van der Waals surface area contributed by atoms with Gasteiger partial charge in [0.15, 0.2) is 11.0 Å². The Hall–Kier alpha value is -3.58. The van der Waals surface area contributed by atoms with E-state index in [2.05, 4.69) is 27.6 Å². The lowest BCUT2D eigenvalue weighted by atomic mass is 10.1. The van der Waals surface area contributed by atoms with E-state index in [0.29, 0.717) is 17.5 Å². The van der Waals surface area contributed by atoms with E-state index in [0.717, 1.165) is 33.7 Å². The molecule has 0 saturated carbocycles. The van der Waals surface area contributed by atoms with Gasteiger partial charge in [-0.05, 0) is 49.6 Å². The molecule has 34 heavy (non-hydrogen) atoms. The summed E-state index contributed by atoms with van der Waals surface area (Å²) in [5, 5.41) is 12.4. The van der Waals surface area contributed by atoms with E-state index in [4.69, 9.17) is 4.74 Å². The Balaban J connectivity index is 1.64. The summed E-state index contributed by atoms with van der Waals surface area (Å²) in [6.45, 7) is 6.46. The average molecular weight is 473 g/mol. The molecule has 1 heterocycles. The molecule has 0 bridgehead atoms. The number of nitrogens with one attached hydrogen (secondary N) is 1. The van der Waals surface area contributed by atoms with Crippen molar-refractivity contribution in [1.29, 1.82) is 0 Å². The molecule has 0 spiro atoms. The highest BCUT2D eigenvalue weighted by Gasteiger charge is 2.23. The average Bonchev–Trinajstić information content (AvgIpc) is 3.23. The van der Waals surface area contributed by atoms with E-state index in [-0.39, 0.29) is 11.2 Å². The van der Waals surface area contributed by atoms with Crippen LogP contribution in [0.2, 0.25) is 0 Å². The van der Waals surface area contributed by atoms with Crippen LogP contribution in [0.1, 0.15) is 23.6 Å². The molecule has 1 amide bonds. The predicted octanol–water partition coefficient (Wildman–Crippen LogP) is 5.74. The number of hydrogen-bond donors (Lipinski definition) is 1. The first kappa shape index (κ1) is 23.6. The van der Waals surface area contributed by atoms with Gasteiger partial charge in [-0.3, -0.25) is 9.36 Å². The quantitative estimate of drug-likeness (QED) is 0.331. The zero-order valence-corrected chi connectivity index (χ0v) is 20.6. The molecule has 0 saturated heterocycles. The highest BCUT2D eigenvalue weighted by Crippen LogP contribution is 2.33. The molecule has 4 aromatic rings.